The molecule has 0 unspecified atom stereocenters. The van der Waals surface area contributed by atoms with E-state index >= 15 is 0 Å². The van der Waals surface area contributed by atoms with E-state index in [9.17, 15) is 9.18 Å². The lowest BCUT2D eigenvalue weighted by atomic mass is 10.1. The quantitative estimate of drug-likeness (QED) is 0.621. The fraction of sp³-hybridized carbons (Fsp3) is 0.269. The first-order valence-corrected chi connectivity index (χ1v) is 11.0. The Morgan fingerprint density at radius 3 is 2.73 bits per heavy atom. The minimum Gasteiger partial charge on any atom is -0.484 e. The summed E-state index contributed by atoms with van der Waals surface area (Å²) in [6.45, 7) is 2.50. The van der Waals surface area contributed by atoms with E-state index in [0.29, 0.717) is 43.2 Å². The average Bonchev–Trinajstić information content (AvgIpc) is 3.19. The first-order valence-electron chi connectivity index (χ1n) is 11.0. The summed E-state index contributed by atoms with van der Waals surface area (Å²) in [5.41, 5.74) is 2.45. The van der Waals surface area contributed by atoms with Crippen molar-refractivity contribution < 1.29 is 23.4 Å². The third-order valence-corrected chi connectivity index (χ3v) is 5.86. The number of para-hydroxylation sites is 1. The summed E-state index contributed by atoms with van der Waals surface area (Å²) >= 11 is 0. The number of amides is 1. The van der Waals surface area contributed by atoms with E-state index in [1.54, 1.807) is 12.1 Å². The van der Waals surface area contributed by atoms with Crippen LogP contribution in [0.15, 0.2) is 66.7 Å². The van der Waals surface area contributed by atoms with E-state index in [0.717, 1.165) is 16.9 Å². The van der Waals surface area contributed by atoms with Crippen LogP contribution in [0.5, 0.6) is 17.2 Å². The van der Waals surface area contributed by atoms with Crippen LogP contribution >= 0.6 is 0 Å². The SMILES string of the molecule is O=C(Cc1ccc2c(c1)OCO2)NCCN1Cc2ccccc2O[C@H](c2ccccc2F)C1. The van der Waals surface area contributed by atoms with Crippen LogP contribution in [0.3, 0.4) is 0 Å². The minimum absolute atomic E-state index is 0.0639. The molecule has 5 rings (SSSR count). The van der Waals surface area contributed by atoms with Crippen LogP contribution in [0.1, 0.15) is 22.8 Å². The second kappa shape index (κ2) is 9.50. The van der Waals surface area contributed by atoms with E-state index < -0.39 is 6.10 Å². The first-order chi connectivity index (χ1) is 16.2. The zero-order chi connectivity index (χ0) is 22.6. The van der Waals surface area contributed by atoms with Crippen molar-refractivity contribution in [3.05, 3.63) is 89.2 Å². The number of hydrogen-bond acceptors (Lipinski definition) is 5. The Balaban J connectivity index is 1.22. The molecule has 0 saturated heterocycles. The van der Waals surface area contributed by atoms with Gasteiger partial charge in [-0.3, -0.25) is 9.69 Å². The number of carbonyl (C=O) groups is 1. The number of nitrogens with one attached hydrogen (secondary N) is 1. The van der Waals surface area contributed by atoms with E-state index in [1.165, 1.54) is 6.07 Å². The molecule has 3 aromatic carbocycles. The van der Waals surface area contributed by atoms with Gasteiger partial charge in [0.2, 0.25) is 12.7 Å². The van der Waals surface area contributed by atoms with Crippen molar-refractivity contribution in [2.45, 2.75) is 19.1 Å². The predicted molar refractivity (Wildman–Crippen MR) is 121 cm³/mol. The molecule has 170 valence electrons. The molecule has 7 heteroatoms. The topological polar surface area (TPSA) is 60.0 Å². The molecule has 0 radical (unpaired) electrons. The fourth-order valence-electron chi connectivity index (χ4n) is 4.20. The van der Waals surface area contributed by atoms with Gasteiger partial charge in [-0.2, -0.15) is 0 Å². The zero-order valence-corrected chi connectivity index (χ0v) is 18.1. The molecule has 3 aromatic rings. The summed E-state index contributed by atoms with van der Waals surface area (Å²) in [6, 6.07) is 20.1. The van der Waals surface area contributed by atoms with E-state index in [2.05, 4.69) is 10.2 Å². The molecule has 0 aromatic heterocycles. The summed E-state index contributed by atoms with van der Waals surface area (Å²) in [5, 5.41) is 2.99. The van der Waals surface area contributed by atoms with Gasteiger partial charge in [0.25, 0.3) is 0 Å². The van der Waals surface area contributed by atoms with E-state index in [4.69, 9.17) is 14.2 Å². The Bertz CT molecular complexity index is 1150. The van der Waals surface area contributed by atoms with Gasteiger partial charge in [-0.05, 0) is 29.8 Å². The largest absolute Gasteiger partial charge is 0.484 e. The Kier molecular flexibility index (Phi) is 6.13. The predicted octanol–water partition coefficient (Wildman–Crippen LogP) is 3.85. The molecular formula is C26H25FN2O4. The monoisotopic (exact) mass is 448 g/mol. The highest BCUT2D eigenvalue weighted by Gasteiger charge is 2.26. The van der Waals surface area contributed by atoms with Gasteiger partial charge < -0.3 is 19.5 Å². The lowest BCUT2D eigenvalue weighted by Gasteiger charge is -2.24. The summed E-state index contributed by atoms with van der Waals surface area (Å²) in [6.07, 6.45) is -0.167. The van der Waals surface area contributed by atoms with Crippen LogP contribution in [0.25, 0.3) is 0 Å². The fourth-order valence-corrected chi connectivity index (χ4v) is 4.20. The van der Waals surface area contributed by atoms with Crippen molar-refractivity contribution in [2.24, 2.45) is 0 Å². The average molecular weight is 448 g/mol. The van der Waals surface area contributed by atoms with Gasteiger partial charge in [0.05, 0.1) is 6.42 Å². The molecule has 6 nitrogen and oxygen atoms in total. The Hall–Kier alpha value is -3.58. The molecule has 2 aliphatic heterocycles. The summed E-state index contributed by atoms with van der Waals surface area (Å²) < 4.78 is 31.4. The van der Waals surface area contributed by atoms with Crippen molar-refractivity contribution in [3.8, 4) is 17.2 Å². The van der Waals surface area contributed by atoms with Gasteiger partial charge in [0.1, 0.15) is 17.7 Å². The van der Waals surface area contributed by atoms with Crippen molar-refractivity contribution in [2.75, 3.05) is 26.4 Å². The molecule has 1 amide bonds. The van der Waals surface area contributed by atoms with Crippen molar-refractivity contribution in [3.63, 3.8) is 0 Å². The Labute approximate surface area is 191 Å². The van der Waals surface area contributed by atoms with Crippen LogP contribution in [0, 0.1) is 5.82 Å². The summed E-state index contributed by atoms with van der Waals surface area (Å²) in [7, 11) is 0. The normalized spacial score (nSPS) is 17.1. The molecule has 2 aliphatic rings. The molecule has 0 fully saturated rings. The molecule has 1 atom stereocenters. The van der Waals surface area contributed by atoms with Crippen LogP contribution in [0.2, 0.25) is 0 Å². The van der Waals surface area contributed by atoms with E-state index in [-0.39, 0.29) is 24.9 Å². The number of nitrogens with zero attached hydrogens (tertiary/aromatic N) is 1. The highest BCUT2D eigenvalue weighted by Crippen LogP contribution is 2.33. The lowest BCUT2D eigenvalue weighted by molar-refractivity contribution is -0.120. The molecule has 2 heterocycles. The maximum atomic E-state index is 14.5. The number of carbonyl (C=O) groups excluding carboxylic acids is 1. The van der Waals surface area contributed by atoms with E-state index in [1.807, 2.05) is 48.5 Å². The Morgan fingerprint density at radius 1 is 1.00 bits per heavy atom. The third-order valence-electron chi connectivity index (χ3n) is 5.86. The van der Waals surface area contributed by atoms with Crippen LogP contribution in [-0.2, 0) is 17.8 Å². The van der Waals surface area contributed by atoms with Gasteiger partial charge in [-0.1, -0.05) is 42.5 Å². The molecule has 0 saturated carbocycles. The molecule has 1 N–H and O–H groups in total. The molecular weight excluding hydrogens is 423 g/mol. The zero-order valence-electron chi connectivity index (χ0n) is 18.1. The number of ether oxygens (including phenoxy) is 3. The smallest absolute Gasteiger partial charge is 0.231 e. The van der Waals surface area contributed by atoms with Gasteiger partial charge in [0, 0.05) is 37.3 Å². The van der Waals surface area contributed by atoms with Crippen LogP contribution in [0.4, 0.5) is 4.39 Å². The summed E-state index contributed by atoms with van der Waals surface area (Å²) in [5.74, 6) is 1.79. The number of benzene rings is 3. The number of fused-ring (bicyclic) bond motifs is 2. The lowest BCUT2D eigenvalue weighted by Crippen LogP contribution is -2.37. The third kappa shape index (κ3) is 4.93. The number of hydrogen-bond donors (Lipinski definition) is 1. The van der Waals surface area contributed by atoms with Gasteiger partial charge in [0.15, 0.2) is 11.5 Å². The van der Waals surface area contributed by atoms with Crippen LogP contribution < -0.4 is 19.5 Å². The maximum absolute atomic E-state index is 14.5. The van der Waals surface area contributed by atoms with Crippen LogP contribution in [-0.4, -0.2) is 37.2 Å². The second-order valence-corrected chi connectivity index (χ2v) is 8.19. The molecule has 33 heavy (non-hydrogen) atoms. The molecule has 0 bridgehead atoms. The van der Waals surface area contributed by atoms with Gasteiger partial charge in [-0.25, -0.2) is 4.39 Å². The van der Waals surface area contributed by atoms with Crippen molar-refractivity contribution in [1.82, 2.24) is 10.2 Å². The highest BCUT2D eigenvalue weighted by atomic mass is 19.1. The number of halogens is 1. The van der Waals surface area contributed by atoms with Crippen molar-refractivity contribution in [1.29, 1.82) is 0 Å². The van der Waals surface area contributed by atoms with Crippen molar-refractivity contribution >= 4 is 5.91 Å². The molecule has 0 aliphatic carbocycles. The first kappa shape index (κ1) is 21.3. The molecule has 0 spiro atoms. The maximum Gasteiger partial charge on any atom is 0.231 e. The standard InChI is InChI=1S/C26H25FN2O4/c27-21-7-3-2-6-20(21)25-16-29(15-19-5-1-4-8-22(19)33-25)12-11-28-26(30)14-18-9-10-23-24(13-18)32-17-31-23/h1-10,13,25H,11-12,14-17H2,(H,28,30)/t25-/m0/s1. The Morgan fingerprint density at radius 2 is 1.82 bits per heavy atom. The van der Waals surface area contributed by atoms with Gasteiger partial charge in [-0.15, -0.1) is 0 Å². The summed E-state index contributed by atoms with van der Waals surface area (Å²) in [4.78, 5) is 14.7. The number of rotatable bonds is 6. The van der Waals surface area contributed by atoms with Gasteiger partial charge >= 0.3 is 0 Å². The minimum atomic E-state index is -0.431. The second-order valence-electron chi connectivity index (χ2n) is 8.19. The highest BCUT2D eigenvalue weighted by molar-refractivity contribution is 5.78.